The molecule has 1 atom stereocenters. The summed E-state index contributed by atoms with van der Waals surface area (Å²) in [4.78, 5) is 0. The molecule has 21 heavy (non-hydrogen) atoms. The number of benzene rings is 1. The highest BCUT2D eigenvalue weighted by atomic mass is 16.5. The summed E-state index contributed by atoms with van der Waals surface area (Å²) in [6.45, 7) is 7.86. The Morgan fingerprint density at radius 1 is 1.24 bits per heavy atom. The van der Waals surface area contributed by atoms with Crippen LogP contribution in [0.25, 0.3) is 11.5 Å². The second-order valence-electron chi connectivity index (χ2n) is 5.00. The van der Waals surface area contributed by atoms with Crippen LogP contribution < -0.4 is 10.1 Å². The molecule has 5 heteroatoms. The zero-order valence-electron chi connectivity index (χ0n) is 12.9. The van der Waals surface area contributed by atoms with Crippen molar-refractivity contribution in [3.05, 3.63) is 30.2 Å². The summed E-state index contributed by atoms with van der Waals surface area (Å²) < 4.78 is 11.4. The van der Waals surface area contributed by atoms with E-state index in [1.54, 1.807) is 0 Å². The van der Waals surface area contributed by atoms with Crippen molar-refractivity contribution in [1.29, 1.82) is 0 Å². The van der Waals surface area contributed by atoms with E-state index in [1.807, 2.05) is 31.2 Å². The summed E-state index contributed by atoms with van der Waals surface area (Å²) in [5.74, 6) is 1.96. The standard InChI is InChI=1S/C16H23N3O2/c1-4-9-17-12(3)15-18-19-16(21-15)13-7-6-8-14(11-13)20-10-5-2/h6-8,11-12,17H,4-5,9-10H2,1-3H3. The number of ether oxygens (including phenoxy) is 1. The Morgan fingerprint density at radius 3 is 2.86 bits per heavy atom. The molecule has 1 N–H and O–H groups in total. The molecule has 0 aliphatic heterocycles. The quantitative estimate of drug-likeness (QED) is 0.804. The maximum absolute atomic E-state index is 5.75. The fourth-order valence-corrected chi connectivity index (χ4v) is 1.91. The van der Waals surface area contributed by atoms with Gasteiger partial charge in [-0.15, -0.1) is 10.2 Å². The van der Waals surface area contributed by atoms with Gasteiger partial charge in [-0.05, 0) is 44.5 Å². The predicted molar refractivity (Wildman–Crippen MR) is 82.2 cm³/mol. The summed E-state index contributed by atoms with van der Waals surface area (Å²) in [6.07, 6.45) is 2.05. The monoisotopic (exact) mass is 289 g/mol. The molecule has 0 spiro atoms. The third-order valence-electron chi connectivity index (χ3n) is 3.07. The molecule has 0 aliphatic rings. The Labute approximate surface area is 125 Å². The second kappa shape index (κ2) is 7.78. The molecule has 2 rings (SSSR count). The normalized spacial score (nSPS) is 12.3. The molecule has 0 amide bonds. The van der Waals surface area contributed by atoms with Gasteiger partial charge in [0, 0.05) is 5.56 Å². The molecule has 0 saturated carbocycles. The third kappa shape index (κ3) is 4.29. The molecule has 0 bridgehead atoms. The molecule has 0 saturated heterocycles. The van der Waals surface area contributed by atoms with Gasteiger partial charge in [0.05, 0.1) is 12.6 Å². The van der Waals surface area contributed by atoms with Gasteiger partial charge >= 0.3 is 0 Å². The van der Waals surface area contributed by atoms with E-state index in [-0.39, 0.29) is 6.04 Å². The molecule has 0 fully saturated rings. The zero-order chi connectivity index (χ0) is 15.1. The smallest absolute Gasteiger partial charge is 0.247 e. The lowest BCUT2D eigenvalue weighted by molar-refractivity contribution is 0.317. The number of rotatable bonds is 8. The number of nitrogens with one attached hydrogen (secondary N) is 1. The van der Waals surface area contributed by atoms with Gasteiger partial charge in [0.15, 0.2) is 0 Å². The Morgan fingerprint density at radius 2 is 2.10 bits per heavy atom. The van der Waals surface area contributed by atoms with Crippen LogP contribution in [0.15, 0.2) is 28.7 Å². The molecule has 0 radical (unpaired) electrons. The lowest BCUT2D eigenvalue weighted by Gasteiger charge is -2.07. The van der Waals surface area contributed by atoms with E-state index in [9.17, 15) is 0 Å². The van der Waals surface area contributed by atoms with Crippen molar-refractivity contribution in [3.63, 3.8) is 0 Å². The molecule has 1 heterocycles. The zero-order valence-corrected chi connectivity index (χ0v) is 12.9. The average molecular weight is 289 g/mol. The average Bonchev–Trinajstić information content (AvgIpc) is 3.01. The number of hydrogen-bond acceptors (Lipinski definition) is 5. The van der Waals surface area contributed by atoms with Crippen LogP contribution in [-0.4, -0.2) is 23.3 Å². The minimum Gasteiger partial charge on any atom is -0.494 e. The van der Waals surface area contributed by atoms with Crippen LogP contribution in [0.5, 0.6) is 5.75 Å². The van der Waals surface area contributed by atoms with Crippen molar-refractivity contribution in [2.45, 2.75) is 39.7 Å². The number of nitrogens with zero attached hydrogens (tertiary/aromatic N) is 2. The van der Waals surface area contributed by atoms with Crippen molar-refractivity contribution in [2.75, 3.05) is 13.2 Å². The highest BCUT2D eigenvalue weighted by Crippen LogP contribution is 2.24. The van der Waals surface area contributed by atoms with Crippen LogP contribution in [0.3, 0.4) is 0 Å². The summed E-state index contributed by atoms with van der Waals surface area (Å²) in [5, 5.41) is 11.6. The van der Waals surface area contributed by atoms with Gasteiger partial charge < -0.3 is 14.5 Å². The van der Waals surface area contributed by atoms with E-state index >= 15 is 0 Å². The van der Waals surface area contributed by atoms with Crippen molar-refractivity contribution in [1.82, 2.24) is 15.5 Å². The van der Waals surface area contributed by atoms with E-state index in [0.717, 1.165) is 30.7 Å². The molecule has 114 valence electrons. The van der Waals surface area contributed by atoms with Crippen LogP contribution in [0, 0.1) is 0 Å². The largest absolute Gasteiger partial charge is 0.494 e. The maximum atomic E-state index is 5.75. The minimum absolute atomic E-state index is 0.0609. The predicted octanol–water partition coefficient (Wildman–Crippen LogP) is 3.59. The topological polar surface area (TPSA) is 60.2 Å². The molecule has 1 aromatic heterocycles. The van der Waals surface area contributed by atoms with Gasteiger partial charge in [-0.2, -0.15) is 0 Å². The summed E-state index contributed by atoms with van der Waals surface area (Å²) in [5.41, 5.74) is 0.880. The van der Waals surface area contributed by atoms with Crippen molar-refractivity contribution in [2.24, 2.45) is 0 Å². The summed E-state index contributed by atoms with van der Waals surface area (Å²) in [6, 6.07) is 7.80. The first kappa shape index (κ1) is 15.5. The first-order valence-corrected chi connectivity index (χ1v) is 7.54. The first-order chi connectivity index (χ1) is 10.2. The summed E-state index contributed by atoms with van der Waals surface area (Å²) in [7, 11) is 0. The second-order valence-corrected chi connectivity index (χ2v) is 5.00. The van der Waals surface area contributed by atoms with Crippen molar-refractivity contribution < 1.29 is 9.15 Å². The van der Waals surface area contributed by atoms with E-state index in [0.29, 0.717) is 18.4 Å². The van der Waals surface area contributed by atoms with Gasteiger partial charge in [0.2, 0.25) is 11.8 Å². The first-order valence-electron chi connectivity index (χ1n) is 7.54. The van der Waals surface area contributed by atoms with Crippen LogP contribution in [0.4, 0.5) is 0 Å². The van der Waals surface area contributed by atoms with Gasteiger partial charge in [0.25, 0.3) is 0 Å². The highest BCUT2D eigenvalue weighted by Gasteiger charge is 2.14. The molecular formula is C16H23N3O2. The third-order valence-corrected chi connectivity index (χ3v) is 3.07. The van der Waals surface area contributed by atoms with E-state index in [2.05, 4.69) is 29.4 Å². The number of hydrogen-bond donors (Lipinski definition) is 1. The molecular weight excluding hydrogens is 266 g/mol. The van der Waals surface area contributed by atoms with Crippen molar-refractivity contribution in [3.8, 4) is 17.2 Å². The minimum atomic E-state index is 0.0609. The summed E-state index contributed by atoms with van der Waals surface area (Å²) >= 11 is 0. The molecule has 1 aromatic carbocycles. The van der Waals surface area contributed by atoms with Crippen molar-refractivity contribution >= 4 is 0 Å². The van der Waals surface area contributed by atoms with Crippen LogP contribution in [0.1, 0.15) is 45.5 Å². The molecule has 0 aliphatic carbocycles. The number of aromatic nitrogens is 2. The Bertz CT molecular complexity index is 554. The Kier molecular flexibility index (Phi) is 5.75. The van der Waals surface area contributed by atoms with Gasteiger partial charge in [-0.25, -0.2) is 0 Å². The molecule has 5 nitrogen and oxygen atoms in total. The van der Waals surface area contributed by atoms with Crippen LogP contribution in [-0.2, 0) is 0 Å². The fraction of sp³-hybridized carbons (Fsp3) is 0.500. The lowest BCUT2D eigenvalue weighted by atomic mass is 10.2. The van der Waals surface area contributed by atoms with Gasteiger partial charge in [-0.1, -0.05) is 19.9 Å². The van der Waals surface area contributed by atoms with Gasteiger partial charge in [0.1, 0.15) is 5.75 Å². The lowest BCUT2D eigenvalue weighted by Crippen LogP contribution is -2.19. The van der Waals surface area contributed by atoms with E-state index in [1.165, 1.54) is 0 Å². The SMILES string of the molecule is CCCNC(C)c1nnc(-c2cccc(OCCC)c2)o1. The van der Waals surface area contributed by atoms with E-state index in [4.69, 9.17) is 9.15 Å². The Hall–Kier alpha value is -1.88. The Balaban J connectivity index is 2.10. The highest BCUT2D eigenvalue weighted by molar-refractivity contribution is 5.55. The van der Waals surface area contributed by atoms with Crippen LogP contribution >= 0.6 is 0 Å². The van der Waals surface area contributed by atoms with Crippen LogP contribution in [0.2, 0.25) is 0 Å². The molecule has 1 unspecified atom stereocenters. The van der Waals surface area contributed by atoms with E-state index < -0.39 is 0 Å². The fourth-order valence-electron chi connectivity index (χ4n) is 1.91. The maximum Gasteiger partial charge on any atom is 0.247 e. The van der Waals surface area contributed by atoms with Gasteiger partial charge in [-0.3, -0.25) is 0 Å². The molecule has 2 aromatic rings.